The Hall–Kier alpha value is -0.160. The van der Waals surface area contributed by atoms with Gasteiger partial charge in [0.2, 0.25) is 0 Å². The maximum Gasteiger partial charge on any atom is 0.0659 e. The van der Waals surface area contributed by atoms with Gasteiger partial charge in [0.1, 0.15) is 0 Å². The summed E-state index contributed by atoms with van der Waals surface area (Å²) in [6.07, 6.45) is 0.282. The van der Waals surface area contributed by atoms with Crippen LogP contribution >= 0.6 is 0 Å². The molecule has 0 aliphatic carbocycles. The van der Waals surface area contributed by atoms with Crippen molar-refractivity contribution in [3.63, 3.8) is 0 Å². The zero-order valence-electron chi connectivity index (χ0n) is 11.5. The van der Waals surface area contributed by atoms with Gasteiger partial charge in [-0.05, 0) is 34.7 Å². The van der Waals surface area contributed by atoms with Crippen LogP contribution in [0.3, 0.4) is 0 Å². The van der Waals surface area contributed by atoms with Crippen molar-refractivity contribution in [3.05, 3.63) is 0 Å². The molecule has 1 unspecified atom stereocenters. The molecule has 0 aromatic rings. The molecule has 0 bridgehead atoms. The van der Waals surface area contributed by atoms with E-state index in [2.05, 4.69) is 18.9 Å². The van der Waals surface area contributed by atoms with E-state index in [0.29, 0.717) is 13.2 Å². The third kappa shape index (κ3) is 5.80. The average molecular weight is 232 g/mol. The van der Waals surface area contributed by atoms with Gasteiger partial charge in [0.05, 0.1) is 24.9 Å². The number of ether oxygens (including phenoxy) is 2. The summed E-state index contributed by atoms with van der Waals surface area (Å²) in [5.41, 5.74) is 5.72. The van der Waals surface area contributed by atoms with Gasteiger partial charge in [-0.1, -0.05) is 0 Å². The molecule has 0 fully saturated rings. The lowest BCUT2D eigenvalue weighted by Gasteiger charge is -2.37. The van der Waals surface area contributed by atoms with Crippen LogP contribution in [0.2, 0.25) is 0 Å². The summed E-state index contributed by atoms with van der Waals surface area (Å²) >= 11 is 0. The minimum absolute atomic E-state index is 0.101. The number of hydrogen-bond donors (Lipinski definition) is 1. The zero-order chi connectivity index (χ0) is 12.6. The van der Waals surface area contributed by atoms with Crippen molar-refractivity contribution in [1.29, 1.82) is 0 Å². The van der Waals surface area contributed by atoms with Crippen molar-refractivity contribution < 1.29 is 9.47 Å². The zero-order valence-corrected chi connectivity index (χ0v) is 11.5. The molecule has 0 rings (SSSR count). The number of nitrogens with two attached hydrogens (primary N) is 1. The Balaban J connectivity index is 4.02. The maximum absolute atomic E-state index is 5.82. The molecule has 0 radical (unpaired) electrons. The Morgan fingerprint density at radius 3 is 2.44 bits per heavy atom. The Morgan fingerprint density at radius 1 is 1.38 bits per heavy atom. The van der Waals surface area contributed by atoms with Gasteiger partial charge in [-0.25, -0.2) is 0 Å². The Morgan fingerprint density at radius 2 is 2.00 bits per heavy atom. The minimum Gasteiger partial charge on any atom is -0.380 e. The van der Waals surface area contributed by atoms with Crippen molar-refractivity contribution in [2.24, 2.45) is 5.73 Å². The average Bonchev–Trinajstić information content (AvgIpc) is 2.25. The van der Waals surface area contributed by atoms with Gasteiger partial charge >= 0.3 is 0 Å². The third-order valence-corrected chi connectivity index (χ3v) is 2.86. The standard InChI is InChI=1S/C12H28N2O2/c1-6-15-10-12(4,9-13)14(5)7-8-16-11(2)3/h11H,6-10,13H2,1-5H3. The van der Waals surface area contributed by atoms with Gasteiger partial charge in [0, 0.05) is 19.7 Å². The second-order valence-corrected chi connectivity index (χ2v) is 4.68. The number of nitrogens with zero attached hydrogens (tertiary/aromatic N) is 1. The van der Waals surface area contributed by atoms with E-state index in [1.807, 2.05) is 20.8 Å². The Kier molecular flexibility index (Phi) is 7.93. The molecule has 16 heavy (non-hydrogen) atoms. The van der Waals surface area contributed by atoms with E-state index in [0.717, 1.165) is 19.8 Å². The minimum atomic E-state index is -0.101. The van der Waals surface area contributed by atoms with E-state index < -0.39 is 0 Å². The predicted molar refractivity (Wildman–Crippen MR) is 67.7 cm³/mol. The summed E-state index contributed by atoms with van der Waals surface area (Å²) in [6.45, 7) is 11.8. The second-order valence-electron chi connectivity index (χ2n) is 4.68. The summed E-state index contributed by atoms with van der Waals surface area (Å²) in [5, 5.41) is 0. The fraction of sp³-hybridized carbons (Fsp3) is 1.00. The highest BCUT2D eigenvalue weighted by Crippen LogP contribution is 2.12. The first-order valence-corrected chi connectivity index (χ1v) is 6.07. The molecule has 1 atom stereocenters. The van der Waals surface area contributed by atoms with E-state index >= 15 is 0 Å². The van der Waals surface area contributed by atoms with Crippen molar-refractivity contribution in [1.82, 2.24) is 4.90 Å². The van der Waals surface area contributed by atoms with Crippen molar-refractivity contribution in [2.45, 2.75) is 39.3 Å². The van der Waals surface area contributed by atoms with Crippen molar-refractivity contribution >= 4 is 0 Å². The Bertz CT molecular complexity index is 176. The van der Waals surface area contributed by atoms with Gasteiger partial charge in [0.25, 0.3) is 0 Å². The maximum atomic E-state index is 5.82. The topological polar surface area (TPSA) is 47.7 Å². The molecule has 0 aliphatic rings. The van der Waals surface area contributed by atoms with Crippen LogP contribution < -0.4 is 5.73 Å². The summed E-state index contributed by atoms with van der Waals surface area (Å²) < 4.78 is 11.0. The number of likely N-dealkylation sites (N-methyl/N-ethyl adjacent to an activating group) is 1. The van der Waals surface area contributed by atoms with Crippen LogP contribution in [0.25, 0.3) is 0 Å². The second kappa shape index (κ2) is 8.01. The molecule has 0 spiro atoms. The molecule has 4 heteroatoms. The molecule has 0 amide bonds. The van der Waals surface area contributed by atoms with E-state index in [4.69, 9.17) is 15.2 Å². The van der Waals surface area contributed by atoms with Crippen molar-refractivity contribution in [3.8, 4) is 0 Å². The van der Waals surface area contributed by atoms with Crippen LogP contribution in [-0.4, -0.2) is 56.5 Å². The van der Waals surface area contributed by atoms with E-state index in [1.54, 1.807) is 0 Å². The smallest absolute Gasteiger partial charge is 0.0659 e. The highest BCUT2D eigenvalue weighted by Gasteiger charge is 2.27. The van der Waals surface area contributed by atoms with E-state index in [1.165, 1.54) is 0 Å². The van der Waals surface area contributed by atoms with Crippen LogP contribution in [0.15, 0.2) is 0 Å². The normalized spacial score (nSPS) is 15.8. The monoisotopic (exact) mass is 232 g/mol. The summed E-state index contributed by atoms with van der Waals surface area (Å²) in [6, 6.07) is 0. The molecule has 0 saturated carbocycles. The quantitative estimate of drug-likeness (QED) is 0.646. The van der Waals surface area contributed by atoms with E-state index in [9.17, 15) is 0 Å². The van der Waals surface area contributed by atoms with Gasteiger partial charge in [-0.15, -0.1) is 0 Å². The van der Waals surface area contributed by atoms with Crippen LogP contribution in [0.1, 0.15) is 27.7 Å². The highest BCUT2D eigenvalue weighted by molar-refractivity contribution is 4.85. The van der Waals surface area contributed by atoms with Crippen molar-refractivity contribution in [2.75, 3.05) is 40.0 Å². The summed E-state index contributed by atoms with van der Waals surface area (Å²) in [7, 11) is 2.07. The molecule has 2 N–H and O–H groups in total. The molecule has 4 nitrogen and oxygen atoms in total. The highest BCUT2D eigenvalue weighted by atomic mass is 16.5. The predicted octanol–water partition coefficient (Wildman–Crippen LogP) is 1.10. The molecular formula is C12H28N2O2. The van der Waals surface area contributed by atoms with E-state index in [-0.39, 0.29) is 11.6 Å². The molecule has 0 heterocycles. The first-order valence-electron chi connectivity index (χ1n) is 6.07. The molecule has 0 aromatic carbocycles. The number of rotatable bonds is 9. The molecule has 0 aromatic heterocycles. The molecule has 98 valence electrons. The molecule has 0 saturated heterocycles. The van der Waals surface area contributed by atoms with Crippen LogP contribution in [-0.2, 0) is 9.47 Å². The van der Waals surface area contributed by atoms with Gasteiger partial charge in [0.15, 0.2) is 0 Å². The number of hydrogen-bond acceptors (Lipinski definition) is 4. The summed E-state index contributed by atoms with van der Waals surface area (Å²) in [5.74, 6) is 0. The lowest BCUT2D eigenvalue weighted by atomic mass is 10.0. The first kappa shape index (κ1) is 15.8. The lowest BCUT2D eigenvalue weighted by Crippen LogP contribution is -2.54. The SMILES string of the molecule is CCOCC(C)(CN)N(C)CCOC(C)C. The third-order valence-electron chi connectivity index (χ3n) is 2.86. The first-order chi connectivity index (χ1) is 7.46. The van der Waals surface area contributed by atoms with Gasteiger partial charge in [-0.3, -0.25) is 4.90 Å². The molecule has 0 aliphatic heterocycles. The van der Waals surface area contributed by atoms with Gasteiger partial charge < -0.3 is 15.2 Å². The molecular weight excluding hydrogens is 204 g/mol. The lowest BCUT2D eigenvalue weighted by molar-refractivity contribution is -0.00119. The largest absolute Gasteiger partial charge is 0.380 e. The van der Waals surface area contributed by atoms with Gasteiger partial charge in [-0.2, -0.15) is 0 Å². The van der Waals surface area contributed by atoms with Crippen LogP contribution in [0.4, 0.5) is 0 Å². The fourth-order valence-electron chi connectivity index (χ4n) is 1.34. The van der Waals surface area contributed by atoms with Crippen LogP contribution in [0.5, 0.6) is 0 Å². The fourth-order valence-corrected chi connectivity index (χ4v) is 1.34. The Labute approximate surface area is 100 Å². The van der Waals surface area contributed by atoms with Crippen LogP contribution in [0, 0.1) is 0 Å². The summed E-state index contributed by atoms with van der Waals surface area (Å²) in [4.78, 5) is 2.21.